The molecule has 4 rings (SSSR count). The standard InChI is InChI=1S/C23H22N4O4S2/c1-16-3-8-19(9-4-16)32(28,29)26-21-12-7-18(23-24-13-14-25-23)15-22(21)27-33(30,31)20-10-5-17(2)6-11-20/h3-15,26-27H,1-2H3,(H,24,25). The zero-order valence-electron chi connectivity index (χ0n) is 17.9. The summed E-state index contributed by atoms with van der Waals surface area (Å²) in [4.78, 5) is 7.26. The van der Waals surface area contributed by atoms with Gasteiger partial charge in [0.1, 0.15) is 5.82 Å². The number of rotatable bonds is 7. The van der Waals surface area contributed by atoms with Gasteiger partial charge in [-0.25, -0.2) is 21.8 Å². The van der Waals surface area contributed by atoms with Crippen molar-refractivity contribution in [2.24, 2.45) is 0 Å². The molecule has 0 bridgehead atoms. The largest absolute Gasteiger partial charge is 0.345 e. The molecular weight excluding hydrogens is 460 g/mol. The first-order valence-corrected chi connectivity index (χ1v) is 12.9. The predicted molar refractivity (Wildman–Crippen MR) is 128 cm³/mol. The van der Waals surface area contributed by atoms with E-state index in [1.165, 1.54) is 36.4 Å². The van der Waals surface area contributed by atoms with Crippen LogP contribution in [0.15, 0.2) is 88.9 Å². The number of aromatic nitrogens is 2. The lowest BCUT2D eigenvalue weighted by Gasteiger charge is -2.16. The average Bonchev–Trinajstić information content (AvgIpc) is 3.30. The van der Waals surface area contributed by atoms with Crippen molar-refractivity contribution < 1.29 is 16.8 Å². The molecule has 0 spiro atoms. The van der Waals surface area contributed by atoms with Gasteiger partial charge in [-0.15, -0.1) is 0 Å². The molecule has 0 fully saturated rings. The number of benzene rings is 3. The van der Waals surface area contributed by atoms with Crippen LogP contribution >= 0.6 is 0 Å². The number of hydrogen-bond acceptors (Lipinski definition) is 5. The van der Waals surface area contributed by atoms with Crippen LogP contribution in [-0.4, -0.2) is 26.8 Å². The third-order valence-electron chi connectivity index (χ3n) is 4.94. The van der Waals surface area contributed by atoms with Crippen LogP contribution in [0.4, 0.5) is 11.4 Å². The summed E-state index contributed by atoms with van der Waals surface area (Å²) in [6, 6.07) is 17.4. The lowest BCUT2D eigenvalue weighted by atomic mass is 10.1. The van der Waals surface area contributed by atoms with E-state index in [0.717, 1.165) is 11.1 Å². The topological polar surface area (TPSA) is 121 Å². The van der Waals surface area contributed by atoms with Gasteiger partial charge in [0.25, 0.3) is 20.0 Å². The Bertz CT molecular complexity index is 1480. The molecule has 33 heavy (non-hydrogen) atoms. The normalized spacial score (nSPS) is 11.8. The minimum Gasteiger partial charge on any atom is -0.345 e. The molecule has 0 saturated heterocycles. The number of sulfonamides is 2. The summed E-state index contributed by atoms with van der Waals surface area (Å²) in [5, 5.41) is 0. The summed E-state index contributed by atoms with van der Waals surface area (Å²) < 4.78 is 56.9. The first-order chi connectivity index (χ1) is 15.6. The van der Waals surface area contributed by atoms with Crippen molar-refractivity contribution in [2.75, 3.05) is 9.44 Å². The Morgan fingerprint density at radius 2 is 1.21 bits per heavy atom. The van der Waals surface area contributed by atoms with Gasteiger partial charge in [0.2, 0.25) is 0 Å². The fourth-order valence-corrected chi connectivity index (χ4v) is 5.28. The first kappa shape index (κ1) is 22.6. The predicted octanol–water partition coefficient (Wildman–Crippen LogP) is 4.30. The highest BCUT2D eigenvalue weighted by Crippen LogP contribution is 2.31. The van der Waals surface area contributed by atoms with E-state index in [2.05, 4.69) is 19.4 Å². The molecule has 0 aliphatic carbocycles. The fraction of sp³-hybridized carbons (Fsp3) is 0.0870. The Labute approximate surface area is 192 Å². The second-order valence-corrected chi connectivity index (χ2v) is 10.9. The van der Waals surface area contributed by atoms with Gasteiger partial charge < -0.3 is 4.98 Å². The van der Waals surface area contributed by atoms with E-state index in [0.29, 0.717) is 11.4 Å². The van der Waals surface area contributed by atoms with Crippen molar-refractivity contribution >= 4 is 31.4 Å². The number of aryl methyl sites for hydroxylation is 2. The smallest absolute Gasteiger partial charge is 0.261 e. The summed E-state index contributed by atoms with van der Waals surface area (Å²) in [5.41, 5.74) is 2.57. The summed E-state index contributed by atoms with van der Waals surface area (Å²) in [7, 11) is -7.93. The number of H-pyrrole nitrogens is 1. The van der Waals surface area contributed by atoms with Crippen LogP contribution in [0, 0.1) is 13.8 Å². The van der Waals surface area contributed by atoms with Gasteiger partial charge >= 0.3 is 0 Å². The van der Waals surface area contributed by atoms with Crippen molar-refractivity contribution in [1.29, 1.82) is 0 Å². The highest BCUT2D eigenvalue weighted by atomic mass is 32.2. The fourth-order valence-electron chi connectivity index (χ4n) is 3.13. The number of imidazole rings is 1. The molecule has 10 heteroatoms. The highest BCUT2D eigenvalue weighted by Gasteiger charge is 2.21. The molecule has 3 N–H and O–H groups in total. The highest BCUT2D eigenvalue weighted by molar-refractivity contribution is 7.93. The van der Waals surface area contributed by atoms with Crippen LogP contribution in [-0.2, 0) is 20.0 Å². The number of nitrogens with zero attached hydrogens (tertiary/aromatic N) is 1. The van der Waals surface area contributed by atoms with Crippen LogP contribution in [0.1, 0.15) is 11.1 Å². The number of aromatic amines is 1. The Balaban J connectivity index is 1.75. The third-order valence-corrected chi connectivity index (χ3v) is 7.71. The monoisotopic (exact) mass is 482 g/mol. The summed E-state index contributed by atoms with van der Waals surface area (Å²) in [5.74, 6) is 0.513. The van der Waals surface area contributed by atoms with Gasteiger partial charge in [-0.2, -0.15) is 0 Å². The molecule has 8 nitrogen and oxygen atoms in total. The molecule has 0 saturated carbocycles. The van der Waals surface area contributed by atoms with E-state index in [4.69, 9.17) is 0 Å². The van der Waals surface area contributed by atoms with Crippen molar-refractivity contribution in [2.45, 2.75) is 23.6 Å². The maximum absolute atomic E-state index is 13.0. The molecule has 4 aromatic rings. The third kappa shape index (κ3) is 5.07. The van der Waals surface area contributed by atoms with Gasteiger partial charge in [-0.05, 0) is 56.3 Å². The average molecular weight is 483 g/mol. The van der Waals surface area contributed by atoms with Crippen LogP contribution in [0.3, 0.4) is 0 Å². The van der Waals surface area contributed by atoms with E-state index >= 15 is 0 Å². The minimum atomic E-state index is -3.98. The quantitative estimate of drug-likeness (QED) is 0.363. The van der Waals surface area contributed by atoms with Crippen LogP contribution in [0.25, 0.3) is 11.4 Å². The second-order valence-electron chi connectivity index (χ2n) is 7.54. The number of hydrogen-bond donors (Lipinski definition) is 3. The Morgan fingerprint density at radius 3 is 1.70 bits per heavy atom. The lowest BCUT2D eigenvalue weighted by Crippen LogP contribution is -2.17. The van der Waals surface area contributed by atoms with Gasteiger partial charge in [0, 0.05) is 18.0 Å². The van der Waals surface area contributed by atoms with Crippen molar-refractivity contribution in [3.05, 3.63) is 90.3 Å². The first-order valence-electron chi connectivity index (χ1n) is 9.97. The molecule has 1 heterocycles. The number of nitrogens with one attached hydrogen (secondary N) is 3. The van der Waals surface area contributed by atoms with E-state index < -0.39 is 20.0 Å². The Morgan fingerprint density at radius 1 is 0.697 bits per heavy atom. The van der Waals surface area contributed by atoms with Crippen molar-refractivity contribution in [3.63, 3.8) is 0 Å². The van der Waals surface area contributed by atoms with E-state index in [-0.39, 0.29) is 21.2 Å². The van der Waals surface area contributed by atoms with E-state index in [9.17, 15) is 16.8 Å². The van der Waals surface area contributed by atoms with E-state index in [1.54, 1.807) is 42.7 Å². The summed E-state index contributed by atoms with van der Waals surface area (Å²) in [6.45, 7) is 3.71. The van der Waals surface area contributed by atoms with Crippen LogP contribution in [0.5, 0.6) is 0 Å². The maximum Gasteiger partial charge on any atom is 0.261 e. The van der Waals surface area contributed by atoms with Gasteiger partial charge in [0.15, 0.2) is 0 Å². The Hall–Kier alpha value is -3.63. The minimum absolute atomic E-state index is 0.0591. The molecule has 0 aliphatic heterocycles. The molecular formula is C23H22N4O4S2. The molecule has 3 aromatic carbocycles. The van der Waals surface area contributed by atoms with Crippen LogP contribution in [0.2, 0.25) is 0 Å². The molecule has 0 aliphatic rings. The Kier molecular flexibility index (Phi) is 5.96. The molecule has 0 radical (unpaired) electrons. The molecule has 0 amide bonds. The van der Waals surface area contributed by atoms with E-state index in [1.807, 2.05) is 13.8 Å². The summed E-state index contributed by atoms with van der Waals surface area (Å²) >= 11 is 0. The van der Waals surface area contributed by atoms with Crippen LogP contribution < -0.4 is 9.44 Å². The van der Waals surface area contributed by atoms with Crippen molar-refractivity contribution in [3.8, 4) is 11.4 Å². The van der Waals surface area contributed by atoms with Gasteiger partial charge in [-0.1, -0.05) is 35.4 Å². The number of anilines is 2. The second kappa shape index (κ2) is 8.72. The van der Waals surface area contributed by atoms with Gasteiger partial charge in [-0.3, -0.25) is 9.44 Å². The lowest BCUT2D eigenvalue weighted by molar-refractivity contribution is 0.599. The molecule has 170 valence electrons. The van der Waals surface area contributed by atoms with Crippen molar-refractivity contribution in [1.82, 2.24) is 9.97 Å². The zero-order chi connectivity index (χ0) is 23.6. The molecule has 0 unspecified atom stereocenters. The molecule has 0 atom stereocenters. The summed E-state index contributed by atoms with van der Waals surface area (Å²) in [6.07, 6.45) is 3.21. The maximum atomic E-state index is 13.0. The molecule has 1 aromatic heterocycles. The SMILES string of the molecule is Cc1ccc(S(=O)(=O)Nc2ccc(-c3ncc[nH]3)cc2NS(=O)(=O)c2ccc(C)cc2)cc1. The van der Waals surface area contributed by atoms with Gasteiger partial charge in [0.05, 0.1) is 21.2 Å². The zero-order valence-corrected chi connectivity index (χ0v) is 19.5.